The SMILES string of the molecule is O=C(O)C(c1ccc(Cl)cc1)N(Br)c1ccccc1. The molecule has 2 aromatic rings. The molecule has 0 saturated carbocycles. The highest BCUT2D eigenvalue weighted by atomic mass is 79.9. The van der Waals surface area contributed by atoms with Gasteiger partial charge in [0.15, 0.2) is 6.04 Å². The minimum atomic E-state index is -0.942. The average molecular weight is 341 g/mol. The molecule has 19 heavy (non-hydrogen) atoms. The number of aliphatic carboxylic acids is 1. The first kappa shape index (κ1) is 13.9. The van der Waals surface area contributed by atoms with Gasteiger partial charge >= 0.3 is 5.97 Å². The lowest BCUT2D eigenvalue weighted by atomic mass is 10.1. The van der Waals surface area contributed by atoms with Crippen LogP contribution >= 0.6 is 27.7 Å². The van der Waals surface area contributed by atoms with Crippen LogP contribution in [-0.2, 0) is 4.79 Å². The maximum atomic E-state index is 11.5. The zero-order valence-electron chi connectivity index (χ0n) is 9.83. The summed E-state index contributed by atoms with van der Waals surface area (Å²) in [6.07, 6.45) is 0. The van der Waals surface area contributed by atoms with Crippen molar-refractivity contribution in [3.8, 4) is 0 Å². The fraction of sp³-hybridized carbons (Fsp3) is 0.0714. The number of halogens is 2. The molecule has 0 bridgehead atoms. The molecular weight excluding hydrogens is 330 g/mol. The van der Waals surface area contributed by atoms with Crippen molar-refractivity contribution in [2.45, 2.75) is 6.04 Å². The summed E-state index contributed by atoms with van der Waals surface area (Å²) in [4.78, 5) is 11.5. The molecule has 0 aliphatic heterocycles. The molecule has 2 aromatic carbocycles. The van der Waals surface area contributed by atoms with Crippen molar-refractivity contribution in [3.05, 3.63) is 65.2 Å². The maximum Gasteiger partial charge on any atom is 0.331 e. The first-order chi connectivity index (χ1) is 9.09. The molecule has 0 heterocycles. The Morgan fingerprint density at radius 3 is 2.21 bits per heavy atom. The van der Waals surface area contributed by atoms with Crippen LogP contribution in [0.4, 0.5) is 5.69 Å². The van der Waals surface area contributed by atoms with Crippen LogP contribution in [0, 0.1) is 0 Å². The van der Waals surface area contributed by atoms with Gasteiger partial charge < -0.3 is 5.11 Å². The van der Waals surface area contributed by atoms with Gasteiger partial charge in [0.1, 0.15) is 0 Å². The molecule has 0 aliphatic rings. The fourth-order valence-electron chi connectivity index (χ4n) is 1.73. The first-order valence-corrected chi connectivity index (χ1v) is 6.66. The van der Waals surface area contributed by atoms with E-state index in [1.165, 1.54) is 0 Å². The number of carboxylic acid groups (broad SMARTS) is 1. The number of carbonyl (C=O) groups is 1. The molecular formula is C14H11BrClNO2. The Morgan fingerprint density at radius 1 is 1.11 bits per heavy atom. The number of anilines is 1. The van der Waals surface area contributed by atoms with Crippen molar-refractivity contribution in [2.24, 2.45) is 0 Å². The monoisotopic (exact) mass is 339 g/mol. The van der Waals surface area contributed by atoms with E-state index in [4.69, 9.17) is 11.6 Å². The lowest BCUT2D eigenvalue weighted by molar-refractivity contribution is -0.138. The number of rotatable bonds is 4. The summed E-state index contributed by atoms with van der Waals surface area (Å²) in [6.45, 7) is 0. The summed E-state index contributed by atoms with van der Waals surface area (Å²) in [6, 6.07) is 15.2. The second-order valence-electron chi connectivity index (χ2n) is 3.94. The predicted molar refractivity (Wildman–Crippen MR) is 79.7 cm³/mol. The molecule has 98 valence electrons. The number of hydrogen-bond donors (Lipinski definition) is 1. The van der Waals surface area contributed by atoms with Crippen LogP contribution in [0.5, 0.6) is 0 Å². The van der Waals surface area contributed by atoms with Crippen LogP contribution in [0.2, 0.25) is 5.02 Å². The van der Waals surface area contributed by atoms with Crippen molar-refractivity contribution >= 4 is 39.4 Å². The number of nitrogens with zero attached hydrogens (tertiary/aromatic N) is 1. The minimum Gasteiger partial charge on any atom is -0.479 e. The Balaban J connectivity index is 2.36. The fourth-order valence-corrected chi connectivity index (χ4v) is 2.51. The minimum absolute atomic E-state index is 0.578. The lowest BCUT2D eigenvalue weighted by Gasteiger charge is -2.24. The number of para-hydroxylation sites is 1. The third-order valence-electron chi connectivity index (χ3n) is 2.65. The highest BCUT2D eigenvalue weighted by molar-refractivity contribution is 9.10. The van der Waals surface area contributed by atoms with E-state index in [0.717, 1.165) is 5.69 Å². The summed E-state index contributed by atoms with van der Waals surface area (Å²) < 4.78 is 1.54. The Bertz CT molecular complexity index is 559. The molecule has 0 aromatic heterocycles. The van der Waals surface area contributed by atoms with E-state index in [1.807, 2.05) is 30.3 Å². The standard InChI is InChI=1S/C14H11BrClNO2/c15-17(12-4-2-1-3-5-12)13(14(18)19)10-6-8-11(16)9-7-10/h1-9,13H,(H,18,19). The molecule has 1 unspecified atom stereocenters. The van der Waals surface area contributed by atoms with Crippen molar-refractivity contribution in [1.82, 2.24) is 0 Å². The van der Waals surface area contributed by atoms with Gasteiger partial charge in [-0.2, -0.15) is 0 Å². The summed E-state index contributed by atoms with van der Waals surface area (Å²) in [5, 5.41) is 10.0. The Hall–Kier alpha value is -1.52. The largest absolute Gasteiger partial charge is 0.479 e. The quantitative estimate of drug-likeness (QED) is 0.844. The molecule has 5 heteroatoms. The molecule has 0 aliphatic carbocycles. The zero-order chi connectivity index (χ0) is 13.8. The van der Waals surface area contributed by atoms with Crippen molar-refractivity contribution in [1.29, 1.82) is 0 Å². The van der Waals surface area contributed by atoms with Crippen LogP contribution in [0.1, 0.15) is 11.6 Å². The van der Waals surface area contributed by atoms with Crippen LogP contribution in [0.3, 0.4) is 0 Å². The van der Waals surface area contributed by atoms with Gasteiger partial charge in [-0.15, -0.1) is 0 Å². The molecule has 0 radical (unpaired) electrons. The summed E-state index contributed by atoms with van der Waals surface area (Å²) >= 11 is 9.15. The van der Waals surface area contributed by atoms with E-state index < -0.39 is 12.0 Å². The van der Waals surface area contributed by atoms with Crippen molar-refractivity contribution in [3.63, 3.8) is 0 Å². The van der Waals surface area contributed by atoms with Gasteiger partial charge in [0.2, 0.25) is 0 Å². The molecule has 0 spiro atoms. The second-order valence-corrected chi connectivity index (χ2v) is 5.14. The highest BCUT2D eigenvalue weighted by Gasteiger charge is 2.26. The Kier molecular flexibility index (Phi) is 4.45. The van der Waals surface area contributed by atoms with E-state index in [9.17, 15) is 9.90 Å². The molecule has 2 rings (SSSR count). The third-order valence-corrected chi connectivity index (χ3v) is 3.72. The number of hydrogen-bond acceptors (Lipinski definition) is 2. The molecule has 1 N–H and O–H groups in total. The Morgan fingerprint density at radius 2 is 1.68 bits per heavy atom. The number of carboxylic acids is 1. The van der Waals surface area contributed by atoms with Gasteiger partial charge in [-0.05, 0) is 29.8 Å². The predicted octanol–water partition coefficient (Wildman–Crippen LogP) is 4.28. The Labute approximate surface area is 124 Å². The average Bonchev–Trinajstić information content (AvgIpc) is 2.42. The summed E-state index contributed by atoms with van der Waals surface area (Å²) in [5.74, 6) is -0.942. The van der Waals surface area contributed by atoms with Crippen LogP contribution in [-0.4, -0.2) is 11.1 Å². The van der Waals surface area contributed by atoms with Crippen molar-refractivity contribution < 1.29 is 9.90 Å². The van der Waals surface area contributed by atoms with Gasteiger partial charge in [0, 0.05) is 10.7 Å². The summed E-state index contributed by atoms with van der Waals surface area (Å²) in [5.41, 5.74) is 1.42. The molecule has 3 nitrogen and oxygen atoms in total. The molecule has 0 fully saturated rings. The van der Waals surface area contributed by atoms with Gasteiger partial charge in [-0.3, -0.25) is 3.93 Å². The van der Waals surface area contributed by atoms with E-state index in [0.29, 0.717) is 10.6 Å². The van der Waals surface area contributed by atoms with Crippen molar-refractivity contribution in [2.75, 3.05) is 3.93 Å². The second kappa shape index (κ2) is 6.08. The normalized spacial score (nSPS) is 11.9. The molecule has 0 amide bonds. The van der Waals surface area contributed by atoms with Gasteiger partial charge in [0.05, 0.1) is 16.1 Å². The lowest BCUT2D eigenvalue weighted by Crippen LogP contribution is -2.26. The zero-order valence-corrected chi connectivity index (χ0v) is 12.2. The van der Waals surface area contributed by atoms with Gasteiger partial charge in [-0.1, -0.05) is 41.9 Å². The van der Waals surface area contributed by atoms with Gasteiger partial charge in [-0.25, -0.2) is 4.79 Å². The topological polar surface area (TPSA) is 40.5 Å². The maximum absolute atomic E-state index is 11.5. The van der Waals surface area contributed by atoms with E-state index in [1.54, 1.807) is 28.2 Å². The highest BCUT2D eigenvalue weighted by Crippen LogP contribution is 2.31. The number of benzene rings is 2. The molecule has 1 atom stereocenters. The van der Waals surface area contributed by atoms with Crippen LogP contribution in [0.25, 0.3) is 0 Å². The van der Waals surface area contributed by atoms with E-state index in [-0.39, 0.29) is 0 Å². The third kappa shape index (κ3) is 3.28. The molecule has 0 saturated heterocycles. The van der Waals surface area contributed by atoms with Gasteiger partial charge in [0.25, 0.3) is 0 Å². The van der Waals surface area contributed by atoms with E-state index >= 15 is 0 Å². The smallest absolute Gasteiger partial charge is 0.331 e. The van der Waals surface area contributed by atoms with E-state index in [2.05, 4.69) is 16.1 Å². The summed E-state index contributed by atoms with van der Waals surface area (Å²) in [7, 11) is 0. The van der Waals surface area contributed by atoms with Crippen LogP contribution < -0.4 is 3.93 Å². The first-order valence-electron chi connectivity index (χ1n) is 5.58. The van der Waals surface area contributed by atoms with Crippen LogP contribution in [0.15, 0.2) is 54.6 Å².